The zero-order chi connectivity index (χ0) is 19.7. The van der Waals surface area contributed by atoms with Gasteiger partial charge in [0.2, 0.25) is 5.91 Å². The lowest BCUT2D eigenvalue weighted by atomic mass is 9.98. The van der Waals surface area contributed by atoms with Crippen LogP contribution in [0.25, 0.3) is 0 Å². The molecule has 28 heavy (non-hydrogen) atoms. The Morgan fingerprint density at radius 1 is 1.32 bits per heavy atom. The molecule has 148 valence electrons. The first-order valence-corrected chi connectivity index (χ1v) is 10.7. The van der Waals surface area contributed by atoms with Gasteiger partial charge in [0.15, 0.2) is 0 Å². The molecule has 1 N–H and O–H groups in total. The van der Waals surface area contributed by atoms with Crippen molar-refractivity contribution in [3.05, 3.63) is 50.7 Å². The third-order valence-electron chi connectivity index (χ3n) is 5.18. The molecule has 1 aromatic heterocycles. The lowest BCUT2D eigenvalue weighted by molar-refractivity contribution is -0.122. The number of hydrogen-bond donors (Lipinski definition) is 1. The number of rotatable bonds is 5. The highest BCUT2D eigenvalue weighted by Gasteiger charge is 2.30. The summed E-state index contributed by atoms with van der Waals surface area (Å²) in [6.07, 6.45) is 3.81. The maximum Gasteiger partial charge on any atom is 0.255 e. The predicted octanol–water partition coefficient (Wildman–Crippen LogP) is 3.98. The maximum absolute atomic E-state index is 13.3. The van der Waals surface area contributed by atoms with Crippen LogP contribution in [-0.4, -0.2) is 34.8 Å². The van der Waals surface area contributed by atoms with Gasteiger partial charge < -0.3 is 10.2 Å². The van der Waals surface area contributed by atoms with Gasteiger partial charge in [0, 0.05) is 30.3 Å². The Labute approximate surface area is 171 Å². The average molecular weight is 422 g/mol. The minimum atomic E-state index is -0.456. The van der Waals surface area contributed by atoms with Crippen molar-refractivity contribution >= 4 is 34.8 Å². The Kier molecular flexibility index (Phi) is 5.64. The molecule has 0 radical (unpaired) electrons. The monoisotopic (exact) mass is 421 g/mol. The predicted molar refractivity (Wildman–Crippen MR) is 106 cm³/mol. The van der Waals surface area contributed by atoms with Crippen LogP contribution in [0.5, 0.6) is 0 Å². The molecule has 1 atom stereocenters. The number of benzene rings is 1. The molecule has 0 spiro atoms. The highest BCUT2D eigenvalue weighted by Crippen LogP contribution is 2.31. The Bertz CT molecular complexity index is 899. The fourth-order valence-corrected chi connectivity index (χ4v) is 4.65. The van der Waals surface area contributed by atoms with Crippen molar-refractivity contribution in [3.8, 4) is 0 Å². The number of hydrogen-bond acceptors (Lipinski definition) is 4. The number of halogens is 2. The number of nitrogens with one attached hydrogen (secondary N) is 1. The molecule has 2 heterocycles. The smallest absolute Gasteiger partial charge is 0.255 e. The summed E-state index contributed by atoms with van der Waals surface area (Å²) in [7, 11) is 0. The second-order valence-electron chi connectivity index (χ2n) is 7.38. The van der Waals surface area contributed by atoms with Gasteiger partial charge in [0.1, 0.15) is 5.82 Å². The number of nitrogens with zero attached hydrogens (tertiary/aromatic N) is 2. The Balaban J connectivity index is 1.39. The highest BCUT2D eigenvalue weighted by molar-refractivity contribution is 7.09. The van der Waals surface area contributed by atoms with Gasteiger partial charge in [-0.3, -0.25) is 9.59 Å². The molecular weight excluding hydrogens is 401 g/mol. The first-order valence-electron chi connectivity index (χ1n) is 9.47. The van der Waals surface area contributed by atoms with E-state index in [1.165, 1.54) is 18.2 Å². The van der Waals surface area contributed by atoms with Crippen LogP contribution in [0.15, 0.2) is 23.6 Å². The van der Waals surface area contributed by atoms with E-state index in [1.807, 2.05) is 5.38 Å². The fraction of sp³-hybridized carbons (Fsp3) is 0.450. The van der Waals surface area contributed by atoms with Crippen molar-refractivity contribution in [2.45, 2.75) is 38.1 Å². The van der Waals surface area contributed by atoms with Crippen molar-refractivity contribution in [2.75, 3.05) is 13.1 Å². The zero-order valence-corrected chi connectivity index (χ0v) is 16.9. The summed E-state index contributed by atoms with van der Waals surface area (Å²) in [5, 5.41) is 6.02. The third-order valence-corrected chi connectivity index (χ3v) is 6.55. The lowest BCUT2D eigenvalue weighted by Crippen LogP contribution is -2.39. The van der Waals surface area contributed by atoms with Crippen LogP contribution in [0, 0.1) is 11.7 Å². The maximum atomic E-state index is 13.3. The second-order valence-corrected chi connectivity index (χ2v) is 8.68. The first kappa shape index (κ1) is 19.3. The second kappa shape index (κ2) is 8.17. The fourth-order valence-electron chi connectivity index (χ4n) is 3.46. The molecule has 2 amide bonds. The molecule has 1 aliphatic carbocycles. The van der Waals surface area contributed by atoms with E-state index in [0.29, 0.717) is 25.2 Å². The molecule has 5 nitrogen and oxygen atoms in total. The van der Waals surface area contributed by atoms with Crippen LogP contribution >= 0.6 is 22.9 Å². The third kappa shape index (κ3) is 4.36. The van der Waals surface area contributed by atoms with Crippen LogP contribution in [0.4, 0.5) is 4.39 Å². The van der Waals surface area contributed by atoms with Gasteiger partial charge in [-0.15, -0.1) is 11.3 Å². The summed E-state index contributed by atoms with van der Waals surface area (Å²) in [6, 6.07) is 3.86. The first-order chi connectivity index (χ1) is 13.5. The quantitative estimate of drug-likeness (QED) is 0.794. The number of likely N-dealkylation sites (tertiary alicyclic amines) is 1. The number of piperidine rings is 1. The number of amides is 2. The Hall–Kier alpha value is -1.99. The number of carbonyl (C=O) groups excluding carboxylic acids is 2. The van der Waals surface area contributed by atoms with Crippen molar-refractivity contribution in [2.24, 2.45) is 5.92 Å². The van der Waals surface area contributed by atoms with Crippen molar-refractivity contribution < 1.29 is 14.0 Å². The molecule has 1 saturated carbocycles. The SMILES string of the molecule is O=C(NCc1csc([C@H]2CCCN(C(=O)c3ccc(F)cc3Cl)C2)n1)C1CC1. The minimum absolute atomic E-state index is 0.111. The summed E-state index contributed by atoms with van der Waals surface area (Å²) in [6.45, 7) is 1.67. The van der Waals surface area contributed by atoms with E-state index in [4.69, 9.17) is 11.6 Å². The number of aromatic nitrogens is 1. The average Bonchev–Trinajstić information content (AvgIpc) is 3.44. The highest BCUT2D eigenvalue weighted by atomic mass is 35.5. The van der Waals surface area contributed by atoms with Gasteiger partial charge in [-0.2, -0.15) is 0 Å². The van der Waals surface area contributed by atoms with Crippen LogP contribution in [0.2, 0.25) is 5.02 Å². The van der Waals surface area contributed by atoms with Crippen molar-refractivity contribution in [1.82, 2.24) is 15.2 Å². The van der Waals surface area contributed by atoms with Gasteiger partial charge in [0.25, 0.3) is 5.91 Å². The molecular formula is C20H21ClFN3O2S. The summed E-state index contributed by atoms with van der Waals surface area (Å²) >= 11 is 7.63. The number of carbonyl (C=O) groups is 2. The Morgan fingerprint density at radius 2 is 2.14 bits per heavy atom. The molecule has 2 fully saturated rings. The zero-order valence-electron chi connectivity index (χ0n) is 15.3. The summed E-state index contributed by atoms with van der Waals surface area (Å²) in [5.41, 5.74) is 1.19. The molecule has 4 rings (SSSR count). The lowest BCUT2D eigenvalue weighted by Gasteiger charge is -2.32. The standard InChI is InChI=1S/C20H21ClFN3O2S/c21-17-8-14(22)5-6-16(17)20(27)25-7-1-2-13(10-25)19-24-15(11-28-19)9-23-18(26)12-3-4-12/h5-6,8,11-13H,1-4,7,9-10H2,(H,23,26)/t13-/m0/s1. The van der Waals surface area contributed by atoms with Crippen LogP contribution < -0.4 is 5.32 Å². The van der Waals surface area contributed by atoms with Crippen LogP contribution in [-0.2, 0) is 11.3 Å². The van der Waals surface area contributed by atoms with E-state index >= 15 is 0 Å². The van der Waals surface area contributed by atoms with Gasteiger partial charge in [-0.25, -0.2) is 9.37 Å². The van der Waals surface area contributed by atoms with Gasteiger partial charge in [-0.05, 0) is 43.9 Å². The van der Waals surface area contributed by atoms with E-state index in [0.717, 1.165) is 36.4 Å². The number of thiazole rings is 1. The van der Waals surface area contributed by atoms with E-state index in [9.17, 15) is 14.0 Å². The van der Waals surface area contributed by atoms with Crippen LogP contribution in [0.3, 0.4) is 0 Å². The molecule has 0 unspecified atom stereocenters. The van der Waals surface area contributed by atoms with E-state index < -0.39 is 5.82 Å². The molecule has 2 aliphatic rings. The molecule has 0 bridgehead atoms. The van der Waals surface area contributed by atoms with Gasteiger partial charge >= 0.3 is 0 Å². The topological polar surface area (TPSA) is 62.3 Å². The summed E-state index contributed by atoms with van der Waals surface area (Å²) < 4.78 is 13.3. The Morgan fingerprint density at radius 3 is 2.89 bits per heavy atom. The van der Waals surface area contributed by atoms with Gasteiger partial charge in [0.05, 0.1) is 27.8 Å². The molecule has 1 saturated heterocycles. The summed E-state index contributed by atoms with van der Waals surface area (Å²) in [4.78, 5) is 31.0. The van der Waals surface area contributed by atoms with Crippen molar-refractivity contribution in [1.29, 1.82) is 0 Å². The molecule has 2 aromatic rings. The van der Waals surface area contributed by atoms with Gasteiger partial charge in [-0.1, -0.05) is 11.6 Å². The van der Waals surface area contributed by atoms with E-state index in [1.54, 1.807) is 16.2 Å². The molecule has 8 heteroatoms. The minimum Gasteiger partial charge on any atom is -0.350 e. The van der Waals surface area contributed by atoms with E-state index in [-0.39, 0.29) is 28.7 Å². The molecule has 1 aliphatic heterocycles. The molecule has 1 aromatic carbocycles. The normalized spacial score (nSPS) is 19.5. The van der Waals surface area contributed by atoms with Crippen molar-refractivity contribution in [3.63, 3.8) is 0 Å². The van der Waals surface area contributed by atoms with E-state index in [2.05, 4.69) is 10.3 Å². The largest absolute Gasteiger partial charge is 0.350 e. The summed E-state index contributed by atoms with van der Waals surface area (Å²) in [5.74, 6) is -0.172. The van der Waals surface area contributed by atoms with Crippen LogP contribution in [0.1, 0.15) is 52.7 Å².